The van der Waals surface area contributed by atoms with E-state index in [4.69, 9.17) is 9.84 Å². The molecule has 118 valence electrons. The molecule has 1 aliphatic rings. The number of carboxylic acids is 1. The number of rotatable bonds is 3. The van der Waals surface area contributed by atoms with Crippen LogP contribution >= 0.6 is 11.3 Å². The molecule has 1 fully saturated rings. The monoisotopic (exact) mass is 345 g/mol. The van der Waals surface area contributed by atoms with Crippen LogP contribution in [0.1, 0.15) is 4.88 Å². The van der Waals surface area contributed by atoms with Gasteiger partial charge in [0.25, 0.3) is 0 Å². The highest BCUT2D eigenvalue weighted by Crippen LogP contribution is 2.39. The van der Waals surface area contributed by atoms with Crippen LogP contribution in [0.4, 0.5) is 13.2 Å². The lowest BCUT2D eigenvalue weighted by Gasteiger charge is -2.31. The number of hydrogen-bond donors (Lipinski definition) is 1. The number of nitrogens with zero attached hydrogens (tertiary/aromatic N) is 1. The Morgan fingerprint density at radius 1 is 1.48 bits per heavy atom. The van der Waals surface area contributed by atoms with E-state index in [9.17, 15) is 26.4 Å². The van der Waals surface area contributed by atoms with Gasteiger partial charge in [-0.15, -0.1) is 11.3 Å². The van der Waals surface area contributed by atoms with Crippen molar-refractivity contribution in [1.29, 1.82) is 0 Å². The second-order valence-electron chi connectivity index (χ2n) is 4.16. The molecule has 1 aliphatic heterocycles. The predicted octanol–water partition coefficient (Wildman–Crippen LogP) is 1.24. The highest BCUT2D eigenvalue weighted by molar-refractivity contribution is 7.89. The van der Waals surface area contributed by atoms with Crippen molar-refractivity contribution in [2.45, 2.75) is 17.1 Å². The van der Waals surface area contributed by atoms with Gasteiger partial charge >= 0.3 is 12.1 Å². The number of carbonyl (C=O) groups is 1. The summed E-state index contributed by atoms with van der Waals surface area (Å²) in [5.74, 6) is -1.47. The predicted molar refractivity (Wildman–Crippen MR) is 65.5 cm³/mol. The Morgan fingerprint density at radius 3 is 2.71 bits per heavy atom. The van der Waals surface area contributed by atoms with E-state index in [-0.39, 0.29) is 24.5 Å². The fourth-order valence-electron chi connectivity index (χ4n) is 1.90. The van der Waals surface area contributed by atoms with Crippen molar-refractivity contribution in [2.24, 2.45) is 0 Å². The van der Waals surface area contributed by atoms with Crippen molar-refractivity contribution >= 4 is 27.3 Å². The maximum absolute atomic E-state index is 12.8. The van der Waals surface area contributed by atoms with Crippen LogP contribution in [-0.4, -0.2) is 49.6 Å². The van der Waals surface area contributed by atoms with Crippen molar-refractivity contribution in [3.63, 3.8) is 0 Å². The van der Waals surface area contributed by atoms with Crippen LogP contribution in [0.3, 0.4) is 0 Å². The van der Waals surface area contributed by atoms with E-state index < -0.39 is 44.6 Å². The second-order valence-corrected chi connectivity index (χ2v) is 6.93. The summed E-state index contributed by atoms with van der Waals surface area (Å²) in [7, 11) is -4.56. The Hall–Kier alpha value is -1.17. The second kappa shape index (κ2) is 5.55. The minimum absolute atomic E-state index is 0.0749. The van der Waals surface area contributed by atoms with E-state index >= 15 is 0 Å². The summed E-state index contributed by atoms with van der Waals surface area (Å²) in [6.45, 7) is -0.791. The third kappa shape index (κ3) is 3.05. The molecule has 1 aromatic rings. The molecule has 1 aromatic heterocycles. The number of carboxylic acid groups (broad SMARTS) is 1. The first kappa shape index (κ1) is 16.2. The number of sulfonamides is 1. The van der Waals surface area contributed by atoms with Crippen LogP contribution in [0.5, 0.6) is 0 Å². The van der Waals surface area contributed by atoms with E-state index in [1.807, 2.05) is 0 Å². The number of thiophene rings is 1. The SMILES string of the molecule is O=C(O)C1COCCN1S(=O)(=O)c1ccsc1C(F)(F)F. The van der Waals surface area contributed by atoms with Gasteiger partial charge in [-0.05, 0) is 11.4 Å². The van der Waals surface area contributed by atoms with Gasteiger partial charge in [0.15, 0.2) is 0 Å². The average Bonchev–Trinajstić information content (AvgIpc) is 2.88. The molecule has 6 nitrogen and oxygen atoms in total. The summed E-state index contributed by atoms with van der Waals surface area (Å²) in [5.41, 5.74) is 0. The maximum atomic E-state index is 12.8. The lowest BCUT2D eigenvalue weighted by molar-refractivity contribution is -0.146. The van der Waals surface area contributed by atoms with Gasteiger partial charge in [0, 0.05) is 6.54 Å². The van der Waals surface area contributed by atoms with Crippen molar-refractivity contribution < 1.29 is 36.2 Å². The van der Waals surface area contributed by atoms with E-state index in [1.54, 1.807) is 0 Å². The van der Waals surface area contributed by atoms with Gasteiger partial charge in [0.1, 0.15) is 15.8 Å². The average molecular weight is 345 g/mol. The van der Waals surface area contributed by atoms with E-state index in [2.05, 4.69) is 0 Å². The summed E-state index contributed by atoms with van der Waals surface area (Å²) in [5, 5.41) is 10.00. The summed E-state index contributed by atoms with van der Waals surface area (Å²) in [4.78, 5) is 8.87. The molecule has 0 amide bonds. The Labute approximate surface area is 121 Å². The van der Waals surface area contributed by atoms with Crippen molar-refractivity contribution in [3.8, 4) is 0 Å². The van der Waals surface area contributed by atoms with Gasteiger partial charge in [0.2, 0.25) is 10.0 Å². The first-order chi connectivity index (χ1) is 9.65. The third-order valence-electron chi connectivity index (χ3n) is 2.84. The maximum Gasteiger partial charge on any atom is 0.426 e. The molecule has 0 aromatic carbocycles. The summed E-state index contributed by atoms with van der Waals surface area (Å²) in [6.07, 6.45) is -4.82. The standard InChI is InChI=1S/C10H10F3NO5S2/c11-10(12,13)8-7(1-4-20-8)21(17,18)14-2-3-19-5-6(14)9(15)16/h1,4,6H,2-3,5H2,(H,15,16). The van der Waals surface area contributed by atoms with E-state index in [0.29, 0.717) is 4.31 Å². The van der Waals surface area contributed by atoms with Gasteiger partial charge < -0.3 is 9.84 Å². The normalized spacial score (nSPS) is 21.4. The van der Waals surface area contributed by atoms with Crippen LogP contribution in [0.2, 0.25) is 0 Å². The highest BCUT2D eigenvalue weighted by Gasteiger charge is 2.44. The highest BCUT2D eigenvalue weighted by atomic mass is 32.2. The van der Waals surface area contributed by atoms with E-state index in [1.165, 1.54) is 0 Å². The molecule has 1 N–H and O–H groups in total. The van der Waals surface area contributed by atoms with Gasteiger partial charge in [-0.3, -0.25) is 4.79 Å². The molecular formula is C10H10F3NO5S2. The number of morpholine rings is 1. The molecule has 1 atom stereocenters. The Balaban J connectivity index is 2.47. The lowest BCUT2D eigenvalue weighted by Crippen LogP contribution is -2.52. The molecular weight excluding hydrogens is 335 g/mol. The first-order valence-electron chi connectivity index (χ1n) is 5.63. The van der Waals surface area contributed by atoms with Crippen molar-refractivity contribution in [3.05, 3.63) is 16.3 Å². The fourth-order valence-corrected chi connectivity index (χ4v) is 4.75. The minimum atomic E-state index is -4.82. The van der Waals surface area contributed by atoms with Crippen LogP contribution in [-0.2, 0) is 25.7 Å². The molecule has 0 aliphatic carbocycles. The van der Waals surface area contributed by atoms with Gasteiger partial charge in [-0.1, -0.05) is 0 Å². The molecule has 1 unspecified atom stereocenters. The smallest absolute Gasteiger partial charge is 0.426 e. The number of halogens is 3. The molecule has 0 radical (unpaired) electrons. The Morgan fingerprint density at radius 2 is 2.14 bits per heavy atom. The number of ether oxygens (including phenoxy) is 1. The van der Waals surface area contributed by atoms with Crippen molar-refractivity contribution in [2.75, 3.05) is 19.8 Å². The summed E-state index contributed by atoms with van der Waals surface area (Å²) < 4.78 is 68.6. The quantitative estimate of drug-likeness (QED) is 0.891. The molecule has 0 spiro atoms. The molecule has 2 heterocycles. The summed E-state index contributed by atoms with van der Waals surface area (Å²) >= 11 is 0.247. The molecule has 1 saturated heterocycles. The molecule has 2 rings (SSSR count). The zero-order valence-corrected chi connectivity index (χ0v) is 12.0. The van der Waals surface area contributed by atoms with Crippen LogP contribution in [0.15, 0.2) is 16.3 Å². The Kier molecular flexibility index (Phi) is 4.29. The zero-order valence-electron chi connectivity index (χ0n) is 10.3. The van der Waals surface area contributed by atoms with Crippen molar-refractivity contribution in [1.82, 2.24) is 4.31 Å². The summed E-state index contributed by atoms with van der Waals surface area (Å²) in [6, 6.07) is -0.707. The van der Waals surface area contributed by atoms with Crippen LogP contribution in [0, 0.1) is 0 Å². The van der Waals surface area contributed by atoms with Crippen LogP contribution < -0.4 is 0 Å². The van der Waals surface area contributed by atoms with Crippen LogP contribution in [0.25, 0.3) is 0 Å². The molecule has 21 heavy (non-hydrogen) atoms. The topological polar surface area (TPSA) is 83.9 Å². The zero-order chi connectivity index (χ0) is 15.8. The number of alkyl halides is 3. The Bertz CT molecular complexity index is 639. The molecule has 0 bridgehead atoms. The molecule has 11 heteroatoms. The minimum Gasteiger partial charge on any atom is -0.480 e. The fraction of sp³-hybridized carbons (Fsp3) is 0.500. The largest absolute Gasteiger partial charge is 0.480 e. The lowest BCUT2D eigenvalue weighted by atomic mass is 10.3. The third-order valence-corrected chi connectivity index (χ3v) is 5.88. The van der Waals surface area contributed by atoms with E-state index in [0.717, 1.165) is 11.4 Å². The number of hydrogen-bond acceptors (Lipinski definition) is 5. The molecule has 0 saturated carbocycles. The van der Waals surface area contributed by atoms with Gasteiger partial charge in [0.05, 0.1) is 13.2 Å². The van der Waals surface area contributed by atoms with Gasteiger partial charge in [-0.2, -0.15) is 17.5 Å². The number of aliphatic carboxylic acids is 1. The first-order valence-corrected chi connectivity index (χ1v) is 7.94. The van der Waals surface area contributed by atoms with Gasteiger partial charge in [-0.25, -0.2) is 8.42 Å².